The predicted octanol–water partition coefficient (Wildman–Crippen LogP) is 4.55. The molecule has 0 unspecified atom stereocenters. The number of ether oxygens (including phenoxy) is 1. The Morgan fingerprint density at radius 3 is 2.60 bits per heavy atom. The van der Waals surface area contributed by atoms with Crippen molar-refractivity contribution in [2.24, 2.45) is 0 Å². The second-order valence-electron chi connectivity index (χ2n) is 4.18. The number of rotatable bonds is 2. The van der Waals surface area contributed by atoms with Crippen LogP contribution in [0.25, 0.3) is 10.8 Å². The number of hydrogen-bond donors (Lipinski definition) is 0. The van der Waals surface area contributed by atoms with Crippen molar-refractivity contribution in [3.8, 4) is 17.6 Å². The summed E-state index contributed by atoms with van der Waals surface area (Å²) in [6, 6.07) is 15.0. The van der Waals surface area contributed by atoms with E-state index in [2.05, 4.69) is 11.1 Å². The SMILES string of the molecule is N#Cc1ccncc1Oc1ccc(Cl)c2ccccc12. The summed E-state index contributed by atoms with van der Waals surface area (Å²) in [7, 11) is 0. The van der Waals surface area contributed by atoms with Crippen LogP contribution in [-0.4, -0.2) is 4.98 Å². The molecule has 1 aromatic heterocycles. The largest absolute Gasteiger partial charge is 0.454 e. The minimum absolute atomic E-state index is 0.433. The average Bonchev–Trinajstić information content (AvgIpc) is 2.51. The zero-order valence-corrected chi connectivity index (χ0v) is 11.1. The highest BCUT2D eigenvalue weighted by molar-refractivity contribution is 6.35. The Hall–Kier alpha value is -2.57. The highest BCUT2D eigenvalue weighted by Gasteiger charge is 2.09. The molecule has 0 fully saturated rings. The van der Waals surface area contributed by atoms with Gasteiger partial charge in [-0.25, -0.2) is 0 Å². The Labute approximate surface area is 121 Å². The van der Waals surface area contributed by atoms with Gasteiger partial charge >= 0.3 is 0 Å². The molecular weight excluding hydrogens is 272 g/mol. The number of nitriles is 1. The molecule has 3 nitrogen and oxygen atoms in total. The van der Waals surface area contributed by atoms with E-state index < -0.39 is 0 Å². The summed E-state index contributed by atoms with van der Waals surface area (Å²) in [6.07, 6.45) is 3.09. The normalized spacial score (nSPS) is 10.2. The van der Waals surface area contributed by atoms with Gasteiger partial charge in [0.2, 0.25) is 0 Å². The highest BCUT2D eigenvalue weighted by atomic mass is 35.5. The first-order valence-corrected chi connectivity index (χ1v) is 6.36. The standard InChI is InChI=1S/C16H9ClN2O/c17-14-5-6-15(13-4-2-1-3-12(13)14)20-16-10-19-8-7-11(16)9-18/h1-8,10H. The van der Waals surface area contributed by atoms with Crippen LogP contribution >= 0.6 is 11.6 Å². The molecule has 0 saturated heterocycles. The van der Waals surface area contributed by atoms with E-state index in [9.17, 15) is 0 Å². The average molecular weight is 281 g/mol. The van der Waals surface area contributed by atoms with Crippen LogP contribution in [0.15, 0.2) is 54.9 Å². The van der Waals surface area contributed by atoms with Gasteiger partial charge in [0.15, 0.2) is 5.75 Å². The number of nitrogens with zero attached hydrogens (tertiary/aromatic N) is 2. The molecule has 0 saturated carbocycles. The van der Waals surface area contributed by atoms with E-state index in [1.165, 1.54) is 6.20 Å². The van der Waals surface area contributed by atoms with Crippen molar-refractivity contribution in [2.45, 2.75) is 0 Å². The fraction of sp³-hybridized carbons (Fsp3) is 0. The topological polar surface area (TPSA) is 45.9 Å². The van der Waals surface area contributed by atoms with Crippen LogP contribution in [-0.2, 0) is 0 Å². The van der Waals surface area contributed by atoms with Gasteiger partial charge in [-0.1, -0.05) is 35.9 Å². The number of halogens is 1. The first-order chi connectivity index (χ1) is 9.79. The van der Waals surface area contributed by atoms with Crippen LogP contribution in [0.1, 0.15) is 5.56 Å². The van der Waals surface area contributed by atoms with Gasteiger partial charge in [0.05, 0.1) is 11.8 Å². The third-order valence-corrected chi connectivity index (χ3v) is 3.29. The fourth-order valence-corrected chi connectivity index (χ4v) is 2.22. The lowest BCUT2D eigenvalue weighted by atomic mass is 10.1. The first-order valence-electron chi connectivity index (χ1n) is 5.99. The molecule has 2 aromatic carbocycles. The van der Waals surface area contributed by atoms with Crippen molar-refractivity contribution in [1.82, 2.24) is 4.98 Å². The first kappa shape index (κ1) is 12.5. The maximum absolute atomic E-state index is 9.07. The molecule has 0 atom stereocenters. The van der Waals surface area contributed by atoms with E-state index in [1.807, 2.05) is 24.3 Å². The van der Waals surface area contributed by atoms with E-state index >= 15 is 0 Å². The van der Waals surface area contributed by atoms with E-state index in [4.69, 9.17) is 21.6 Å². The van der Waals surface area contributed by atoms with Crippen molar-refractivity contribution in [3.63, 3.8) is 0 Å². The molecule has 0 aliphatic carbocycles. The lowest BCUT2D eigenvalue weighted by Gasteiger charge is -2.10. The van der Waals surface area contributed by atoms with Crippen LogP contribution in [0.4, 0.5) is 0 Å². The quantitative estimate of drug-likeness (QED) is 0.691. The van der Waals surface area contributed by atoms with Crippen molar-refractivity contribution in [3.05, 3.63) is 65.4 Å². The fourth-order valence-electron chi connectivity index (χ4n) is 2.00. The van der Waals surface area contributed by atoms with Gasteiger partial charge in [0.25, 0.3) is 0 Å². The number of aromatic nitrogens is 1. The number of hydrogen-bond acceptors (Lipinski definition) is 3. The third kappa shape index (κ3) is 2.18. The second kappa shape index (κ2) is 5.20. The van der Waals surface area contributed by atoms with E-state index in [-0.39, 0.29) is 0 Å². The number of pyridine rings is 1. The number of fused-ring (bicyclic) bond motifs is 1. The van der Waals surface area contributed by atoms with Crippen LogP contribution in [0, 0.1) is 11.3 Å². The summed E-state index contributed by atoms with van der Waals surface area (Å²) in [5.74, 6) is 1.08. The molecule has 0 amide bonds. The van der Waals surface area contributed by atoms with Crippen molar-refractivity contribution >= 4 is 22.4 Å². The molecule has 1 heterocycles. The van der Waals surface area contributed by atoms with Gasteiger partial charge in [-0.05, 0) is 18.2 Å². The van der Waals surface area contributed by atoms with Crippen LogP contribution in [0.3, 0.4) is 0 Å². The van der Waals surface area contributed by atoms with Crippen LogP contribution in [0.2, 0.25) is 5.02 Å². The maximum atomic E-state index is 9.07. The smallest absolute Gasteiger partial charge is 0.163 e. The van der Waals surface area contributed by atoms with Crippen LogP contribution < -0.4 is 4.74 Å². The van der Waals surface area contributed by atoms with Crippen molar-refractivity contribution in [2.75, 3.05) is 0 Å². The van der Waals surface area contributed by atoms with Gasteiger partial charge in [0, 0.05) is 22.0 Å². The molecule has 0 aliphatic rings. The van der Waals surface area contributed by atoms with Crippen molar-refractivity contribution < 1.29 is 4.74 Å². The predicted molar refractivity (Wildman–Crippen MR) is 78.0 cm³/mol. The lowest BCUT2D eigenvalue weighted by molar-refractivity contribution is 0.484. The van der Waals surface area contributed by atoms with Crippen molar-refractivity contribution in [1.29, 1.82) is 5.26 Å². The zero-order chi connectivity index (χ0) is 13.9. The molecule has 4 heteroatoms. The Morgan fingerprint density at radius 2 is 1.80 bits per heavy atom. The number of benzene rings is 2. The minimum atomic E-state index is 0.433. The van der Waals surface area contributed by atoms with E-state index in [0.717, 1.165) is 10.8 Å². The third-order valence-electron chi connectivity index (χ3n) is 2.96. The van der Waals surface area contributed by atoms with Gasteiger partial charge in [-0.2, -0.15) is 5.26 Å². The Morgan fingerprint density at radius 1 is 1.00 bits per heavy atom. The molecule has 0 spiro atoms. The maximum Gasteiger partial charge on any atom is 0.163 e. The van der Waals surface area contributed by atoms with Gasteiger partial charge in [0.1, 0.15) is 11.8 Å². The lowest BCUT2D eigenvalue weighted by Crippen LogP contribution is -1.90. The zero-order valence-electron chi connectivity index (χ0n) is 10.4. The molecule has 0 aliphatic heterocycles. The Bertz CT molecular complexity index is 824. The summed E-state index contributed by atoms with van der Waals surface area (Å²) in [6.45, 7) is 0. The van der Waals surface area contributed by atoms with Gasteiger partial charge < -0.3 is 4.74 Å². The minimum Gasteiger partial charge on any atom is -0.454 e. The van der Waals surface area contributed by atoms with Crippen LogP contribution in [0.5, 0.6) is 11.5 Å². The monoisotopic (exact) mass is 280 g/mol. The molecular formula is C16H9ClN2O. The Balaban J connectivity index is 2.12. The summed E-state index contributed by atoms with van der Waals surface area (Å²) < 4.78 is 5.83. The molecule has 96 valence electrons. The van der Waals surface area contributed by atoms with E-state index in [1.54, 1.807) is 24.4 Å². The van der Waals surface area contributed by atoms with Gasteiger partial charge in [-0.3, -0.25) is 4.98 Å². The molecule has 0 radical (unpaired) electrons. The second-order valence-corrected chi connectivity index (χ2v) is 4.58. The summed E-state index contributed by atoms with van der Waals surface area (Å²) >= 11 is 6.17. The highest BCUT2D eigenvalue weighted by Crippen LogP contribution is 2.34. The molecule has 3 rings (SSSR count). The summed E-state index contributed by atoms with van der Waals surface area (Å²) in [5.41, 5.74) is 0.444. The molecule has 0 bridgehead atoms. The van der Waals surface area contributed by atoms with Gasteiger partial charge in [-0.15, -0.1) is 0 Å². The van der Waals surface area contributed by atoms with E-state index in [0.29, 0.717) is 22.1 Å². The molecule has 20 heavy (non-hydrogen) atoms. The summed E-state index contributed by atoms with van der Waals surface area (Å²) in [5, 5.41) is 11.5. The Kier molecular flexibility index (Phi) is 3.24. The molecule has 0 N–H and O–H groups in total. The molecule has 3 aromatic rings. The summed E-state index contributed by atoms with van der Waals surface area (Å²) in [4.78, 5) is 3.98.